The van der Waals surface area contributed by atoms with Crippen molar-refractivity contribution in [2.75, 3.05) is 5.32 Å². The summed E-state index contributed by atoms with van der Waals surface area (Å²) < 4.78 is 37.7. The van der Waals surface area contributed by atoms with Crippen molar-refractivity contribution in [3.05, 3.63) is 64.7 Å². The molecular formula is C15H11ClF3N3O. The molecule has 0 aliphatic rings. The van der Waals surface area contributed by atoms with Gasteiger partial charge in [-0.1, -0.05) is 29.8 Å². The minimum absolute atomic E-state index is 0.211. The Labute approximate surface area is 135 Å². The third kappa shape index (κ3) is 5.30. The summed E-state index contributed by atoms with van der Waals surface area (Å²) in [6, 6.07) is 10.4. The van der Waals surface area contributed by atoms with Gasteiger partial charge < -0.3 is 5.32 Å². The summed E-state index contributed by atoms with van der Waals surface area (Å²) in [7, 11) is 0. The zero-order chi connectivity index (χ0) is 16.9. The van der Waals surface area contributed by atoms with Crippen LogP contribution in [0.1, 0.15) is 11.1 Å². The lowest BCUT2D eigenvalue weighted by molar-refractivity contribution is -0.137. The van der Waals surface area contributed by atoms with Gasteiger partial charge in [-0.05, 0) is 35.9 Å². The average Bonchev–Trinajstić information content (AvgIpc) is 2.46. The normalized spacial score (nSPS) is 11.5. The van der Waals surface area contributed by atoms with Crippen molar-refractivity contribution in [3.63, 3.8) is 0 Å². The van der Waals surface area contributed by atoms with Crippen LogP contribution < -0.4 is 10.7 Å². The lowest BCUT2D eigenvalue weighted by atomic mass is 10.1. The summed E-state index contributed by atoms with van der Waals surface area (Å²) in [5.74, 6) is 0. The highest BCUT2D eigenvalue weighted by Gasteiger charge is 2.30. The molecule has 2 rings (SSSR count). The Balaban J connectivity index is 1.95. The number of hydrogen-bond donors (Lipinski definition) is 2. The van der Waals surface area contributed by atoms with Crippen LogP contribution in [-0.2, 0) is 6.18 Å². The van der Waals surface area contributed by atoms with Gasteiger partial charge in [0.15, 0.2) is 0 Å². The summed E-state index contributed by atoms with van der Waals surface area (Å²) in [5, 5.41) is 6.53. The van der Waals surface area contributed by atoms with E-state index in [0.717, 1.165) is 18.3 Å². The first-order valence-electron chi connectivity index (χ1n) is 6.37. The smallest absolute Gasteiger partial charge is 0.306 e. The fourth-order valence-corrected chi connectivity index (χ4v) is 1.88. The Morgan fingerprint density at radius 2 is 1.87 bits per heavy atom. The van der Waals surface area contributed by atoms with Crippen LogP contribution >= 0.6 is 11.6 Å². The summed E-state index contributed by atoms with van der Waals surface area (Å²) in [6.07, 6.45) is -3.31. The molecule has 0 saturated heterocycles. The Bertz CT molecular complexity index is 732. The minimum atomic E-state index is -4.43. The number of benzene rings is 2. The van der Waals surface area contributed by atoms with Gasteiger partial charge in [-0.3, -0.25) is 0 Å². The van der Waals surface area contributed by atoms with E-state index >= 15 is 0 Å². The van der Waals surface area contributed by atoms with E-state index in [9.17, 15) is 18.0 Å². The SMILES string of the molecule is O=C(N/N=C\c1cccc(C(F)(F)F)c1)Nc1cccc(Cl)c1. The lowest BCUT2D eigenvalue weighted by Crippen LogP contribution is -2.24. The first kappa shape index (κ1) is 16.8. The van der Waals surface area contributed by atoms with Gasteiger partial charge >= 0.3 is 12.2 Å². The Morgan fingerprint density at radius 1 is 1.13 bits per heavy atom. The number of anilines is 1. The number of halogens is 4. The fraction of sp³-hybridized carbons (Fsp3) is 0.0667. The molecule has 0 saturated carbocycles. The van der Waals surface area contributed by atoms with Crippen LogP contribution in [0.15, 0.2) is 53.6 Å². The summed E-state index contributed by atoms with van der Waals surface area (Å²) in [5.41, 5.74) is 2.04. The standard InChI is InChI=1S/C15H11ClF3N3O/c16-12-5-2-6-13(8-12)21-14(23)22-20-9-10-3-1-4-11(7-10)15(17,18)19/h1-9H,(H2,21,22,23)/b20-9-. The molecule has 2 N–H and O–H groups in total. The monoisotopic (exact) mass is 341 g/mol. The van der Waals surface area contributed by atoms with Gasteiger partial charge in [-0.25, -0.2) is 10.2 Å². The van der Waals surface area contributed by atoms with E-state index in [2.05, 4.69) is 15.8 Å². The molecule has 0 bridgehead atoms. The molecule has 2 amide bonds. The third-order valence-corrected chi connectivity index (χ3v) is 2.91. The molecule has 120 valence electrons. The molecule has 4 nitrogen and oxygen atoms in total. The highest BCUT2D eigenvalue weighted by Crippen LogP contribution is 2.29. The molecule has 2 aromatic rings. The summed E-state index contributed by atoms with van der Waals surface area (Å²) in [6.45, 7) is 0. The van der Waals surface area contributed by atoms with E-state index in [-0.39, 0.29) is 5.56 Å². The van der Waals surface area contributed by atoms with Crippen LogP contribution in [0.25, 0.3) is 0 Å². The van der Waals surface area contributed by atoms with E-state index in [4.69, 9.17) is 11.6 Å². The number of carbonyl (C=O) groups is 1. The molecule has 23 heavy (non-hydrogen) atoms. The van der Waals surface area contributed by atoms with Crippen molar-refractivity contribution in [3.8, 4) is 0 Å². The number of amides is 2. The van der Waals surface area contributed by atoms with Gasteiger partial charge in [0.05, 0.1) is 11.8 Å². The van der Waals surface area contributed by atoms with Crippen LogP contribution in [0.4, 0.5) is 23.7 Å². The number of alkyl halides is 3. The molecular weight excluding hydrogens is 331 g/mol. The van der Waals surface area contributed by atoms with Crippen LogP contribution in [0.5, 0.6) is 0 Å². The number of urea groups is 1. The second-order valence-electron chi connectivity index (χ2n) is 4.46. The fourth-order valence-electron chi connectivity index (χ4n) is 1.69. The van der Waals surface area contributed by atoms with Gasteiger partial charge in [-0.15, -0.1) is 0 Å². The predicted octanol–water partition coefficient (Wildman–Crippen LogP) is 4.51. The summed E-state index contributed by atoms with van der Waals surface area (Å²) >= 11 is 5.77. The second-order valence-corrected chi connectivity index (χ2v) is 4.89. The second kappa shape index (κ2) is 7.15. The topological polar surface area (TPSA) is 53.5 Å². The van der Waals surface area contributed by atoms with Crippen molar-refractivity contribution < 1.29 is 18.0 Å². The van der Waals surface area contributed by atoms with E-state index < -0.39 is 17.8 Å². The molecule has 0 radical (unpaired) electrons. The van der Waals surface area contributed by atoms with Gasteiger partial charge in [0.25, 0.3) is 0 Å². The molecule has 8 heteroatoms. The maximum Gasteiger partial charge on any atom is 0.416 e. The molecule has 0 spiro atoms. The first-order chi connectivity index (χ1) is 10.8. The third-order valence-electron chi connectivity index (χ3n) is 2.68. The van der Waals surface area contributed by atoms with Crippen LogP contribution in [-0.4, -0.2) is 12.2 Å². The Morgan fingerprint density at radius 3 is 2.57 bits per heavy atom. The number of nitrogens with zero attached hydrogens (tertiary/aromatic N) is 1. The quantitative estimate of drug-likeness (QED) is 0.626. The summed E-state index contributed by atoms with van der Waals surface area (Å²) in [4.78, 5) is 11.6. The highest BCUT2D eigenvalue weighted by atomic mass is 35.5. The highest BCUT2D eigenvalue weighted by molar-refractivity contribution is 6.30. The molecule has 0 unspecified atom stereocenters. The van der Waals surface area contributed by atoms with Gasteiger partial charge in [0, 0.05) is 10.7 Å². The Hall–Kier alpha value is -2.54. The maximum atomic E-state index is 12.6. The Kier molecular flexibility index (Phi) is 5.23. The zero-order valence-corrected chi connectivity index (χ0v) is 12.3. The number of hydrogen-bond acceptors (Lipinski definition) is 2. The van der Waals surface area contributed by atoms with E-state index in [1.807, 2.05) is 0 Å². The van der Waals surface area contributed by atoms with Gasteiger partial charge in [-0.2, -0.15) is 18.3 Å². The predicted molar refractivity (Wildman–Crippen MR) is 82.6 cm³/mol. The van der Waals surface area contributed by atoms with Crippen LogP contribution in [0.3, 0.4) is 0 Å². The van der Waals surface area contributed by atoms with Crippen molar-refractivity contribution in [2.45, 2.75) is 6.18 Å². The number of hydrazone groups is 1. The van der Waals surface area contributed by atoms with Crippen molar-refractivity contribution >= 4 is 29.5 Å². The molecule has 0 aliphatic carbocycles. The molecule has 0 fully saturated rings. The molecule has 0 atom stereocenters. The zero-order valence-electron chi connectivity index (χ0n) is 11.6. The molecule has 0 aliphatic heterocycles. The van der Waals surface area contributed by atoms with E-state index in [1.165, 1.54) is 18.2 Å². The lowest BCUT2D eigenvalue weighted by Gasteiger charge is -2.06. The maximum absolute atomic E-state index is 12.6. The molecule has 2 aromatic carbocycles. The number of carbonyl (C=O) groups excluding carboxylic acids is 1. The van der Waals surface area contributed by atoms with Crippen molar-refractivity contribution in [1.29, 1.82) is 0 Å². The van der Waals surface area contributed by atoms with Gasteiger partial charge in [0.1, 0.15) is 0 Å². The molecule has 0 aromatic heterocycles. The number of nitrogens with one attached hydrogen (secondary N) is 2. The number of rotatable bonds is 3. The van der Waals surface area contributed by atoms with Gasteiger partial charge in [0.2, 0.25) is 0 Å². The largest absolute Gasteiger partial charge is 0.416 e. The van der Waals surface area contributed by atoms with Crippen LogP contribution in [0, 0.1) is 0 Å². The van der Waals surface area contributed by atoms with E-state index in [1.54, 1.807) is 18.2 Å². The molecule has 0 heterocycles. The minimum Gasteiger partial charge on any atom is -0.306 e. The van der Waals surface area contributed by atoms with Crippen molar-refractivity contribution in [2.24, 2.45) is 5.10 Å². The average molecular weight is 342 g/mol. The van der Waals surface area contributed by atoms with Crippen molar-refractivity contribution in [1.82, 2.24) is 5.43 Å². The van der Waals surface area contributed by atoms with Crippen LogP contribution in [0.2, 0.25) is 5.02 Å². The first-order valence-corrected chi connectivity index (χ1v) is 6.75. The van der Waals surface area contributed by atoms with E-state index in [0.29, 0.717) is 10.7 Å².